The molecule has 0 radical (unpaired) electrons. The second kappa shape index (κ2) is 41.8. The lowest BCUT2D eigenvalue weighted by atomic mass is 10.0. The molecule has 0 aromatic rings. The van der Waals surface area contributed by atoms with Crippen molar-refractivity contribution >= 4 is 5.91 Å². The number of amides is 1. The summed E-state index contributed by atoms with van der Waals surface area (Å²) in [5.41, 5.74) is 0. The Morgan fingerprint density at radius 1 is 0.408 bits per heavy atom. The van der Waals surface area contributed by atoms with Gasteiger partial charge in [0.1, 0.15) is 0 Å². The summed E-state index contributed by atoms with van der Waals surface area (Å²) in [6.07, 6.45) is 50.4. The van der Waals surface area contributed by atoms with E-state index in [1.54, 1.807) is 0 Å². The summed E-state index contributed by atoms with van der Waals surface area (Å²) in [7, 11) is 0. The smallest absolute Gasteiger partial charge is 0.220 e. The molecule has 0 bridgehead atoms. The minimum absolute atomic E-state index is 0.0251. The van der Waals surface area contributed by atoms with Crippen LogP contribution in [-0.4, -0.2) is 34.9 Å². The van der Waals surface area contributed by atoms with Crippen molar-refractivity contribution in [3.8, 4) is 0 Å². The molecule has 1 amide bonds. The predicted octanol–water partition coefficient (Wildman–Crippen LogP) is 14.1. The van der Waals surface area contributed by atoms with E-state index >= 15 is 0 Å². The van der Waals surface area contributed by atoms with Crippen LogP contribution in [0.25, 0.3) is 0 Å². The van der Waals surface area contributed by atoms with E-state index in [-0.39, 0.29) is 12.5 Å². The number of aliphatic hydroxyl groups excluding tert-OH is 2. The third-order valence-electron chi connectivity index (χ3n) is 10.9. The normalized spacial score (nSPS) is 12.8. The van der Waals surface area contributed by atoms with E-state index < -0.39 is 12.1 Å². The molecule has 0 rings (SSSR count). The van der Waals surface area contributed by atoms with Crippen LogP contribution in [0.15, 0.2) is 0 Å². The minimum Gasteiger partial charge on any atom is -0.394 e. The second-order valence-electron chi connectivity index (χ2n) is 15.8. The molecule has 0 heterocycles. The van der Waals surface area contributed by atoms with Gasteiger partial charge < -0.3 is 15.5 Å². The number of carbonyl (C=O) groups excluding carboxylic acids is 1. The van der Waals surface area contributed by atoms with Gasteiger partial charge in [0, 0.05) is 6.42 Å². The Balaban J connectivity index is 3.45. The van der Waals surface area contributed by atoms with Crippen LogP contribution in [0.3, 0.4) is 0 Å². The Kier molecular flexibility index (Phi) is 41.3. The van der Waals surface area contributed by atoms with Crippen LogP contribution in [0, 0.1) is 0 Å². The molecule has 2 atom stereocenters. The SMILES string of the molecule is CCCCCCCCCCCCCCCCCCCCCCCC(=O)N[C@@H](CO)[C@H](O)CCCCCCCCCCCCCCCCCC. The largest absolute Gasteiger partial charge is 0.394 e. The molecule has 4 nitrogen and oxygen atoms in total. The van der Waals surface area contributed by atoms with Gasteiger partial charge in [0.15, 0.2) is 0 Å². The van der Waals surface area contributed by atoms with E-state index in [1.807, 2.05) is 0 Å². The monoisotopic (exact) mass is 694 g/mol. The Bertz CT molecular complexity index is 626. The molecule has 0 saturated heterocycles. The molecule has 0 spiro atoms. The number of nitrogens with one attached hydrogen (secondary N) is 1. The molecule has 0 aliphatic heterocycles. The lowest BCUT2D eigenvalue weighted by Crippen LogP contribution is -2.45. The highest BCUT2D eigenvalue weighted by Gasteiger charge is 2.20. The first kappa shape index (κ1) is 48.4. The molecule has 49 heavy (non-hydrogen) atoms. The highest BCUT2D eigenvalue weighted by atomic mass is 16.3. The molecule has 0 aromatic heterocycles. The molecule has 4 heteroatoms. The first-order chi connectivity index (χ1) is 24.2. The Hall–Kier alpha value is -0.610. The van der Waals surface area contributed by atoms with Gasteiger partial charge in [0.2, 0.25) is 5.91 Å². The summed E-state index contributed by atoms with van der Waals surface area (Å²) in [4.78, 5) is 12.4. The average molecular weight is 694 g/mol. The van der Waals surface area contributed by atoms with Crippen molar-refractivity contribution in [2.75, 3.05) is 6.61 Å². The van der Waals surface area contributed by atoms with Crippen molar-refractivity contribution in [1.29, 1.82) is 0 Å². The number of carbonyl (C=O) groups is 1. The zero-order chi connectivity index (χ0) is 35.7. The predicted molar refractivity (Wildman–Crippen MR) is 216 cm³/mol. The maximum absolute atomic E-state index is 12.4. The van der Waals surface area contributed by atoms with Crippen LogP contribution in [-0.2, 0) is 4.79 Å². The fourth-order valence-electron chi connectivity index (χ4n) is 7.36. The quantitative estimate of drug-likeness (QED) is 0.0557. The van der Waals surface area contributed by atoms with Crippen LogP contribution in [0.4, 0.5) is 0 Å². The van der Waals surface area contributed by atoms with Gasteiger partial charge in [0.05, 0.1) is 18.8 Å². The van der Waals surface area contributed by atoms with Crippen LogP contribution < -0.4 is 5.32 Å². The van der Waals surface area contributed by atoms with Crippen LogP contribution in [0.2, 0.25) is 0 Å². The molecule has 294 valence electrons. The van der Waals surface area contributed by atoms with Gasteiger partial charge in [-0.25, -0.2) is 0 Å². The van der Waals surface area contributed by atoms with E-state index in [9.17, 15) is 15.0 Å². The summed E-state index contributed by atoms with van der Waals surface area (Å²) < 4.78 is 0. The second-order valence-corrected chi connectivity index (χ2v) is 15.8. The van der Waals surface area contributed by atoms with Crippen molar-refractivity contribution in [3.63, 3.8) is 0 Å². The van der Waals surface area contributed by atoms with E-state index in [4.69, 9.17) is 0 Å². The van der Waals surface area contributed by atoms with Gasteiger partial charge in [-0.2, -0.15) is 0 Å². The Labute approximate surface area is 308 Å². The third-order valence-corrected chi connectivity index (χ3v) is 10.9. The molecular weight excluding hydrogens is 602 g/mol. The Morgan fingerprint density at radius 3 is 0.918 bits per heavy atom. The van der Waals surface area contributed by atoms with Gasteiger partial charge in [-0.05, 0) is 12.8 Å². The molecule has 0 fully saturated rings. The topological polar surface area (TPSA) is 69.6 Å². The van der Waals surface area contributed by atoms with Gasteiger partial charge in [-0.15, -0.1) is 0 Å². The van der Waals surface area contributed by atoms with Gasteiger partial charge >= 0.3 is 0 Å². The Morgan fingerprint density at radius 2 is 0.653 bits per heavy atom. The summed E-state index contributed by atoms with van der Waals surface area (Å²) >= 11 is 0. The highest BCUT2D eigenvalue weighted by molar-refractivity contribution is 5.76. The maximum Gasteiger partial charge on any atom is 0.220 e. The van der Waals surface area contributed by atoms with Crippen molar-refractivity contribution in [3.05, 3.63) is 0 Å². The fourth-order valence-corrected chi connectivity index (χ4v) is 7.36. The highest BCUT2D eigenvalue weighted by Crippen LogP contribution is 2.17. The fraction of sp³-hybridized carbons (Fsp3) is 0.978. The van der Waals surface area contributed by atoms with Crippen LogP contribution in [0.1, 0.15) is 264 Å². The minimum atomic E-state index is -0.652. The van der Waals surface area contributed by atoms with E-state index in [0.29, 0.717) is 12.8 Å². The van der Waals surface area contributed by atoms with Gasteiger partial charge in [0.25, 0.3) is 0 Å². The van der Waals surface area contributed by atoms with E-state index in [1.165, 1.54) is 212 Å². The summed E-state index contributed by atoms with van der Waals surface area (Å²) in [6, 6.07) is -0.529. The molecule has 0 aliphatic rings. The summed E-state index contributed by atoms with van der Waals surface area (Å²) in [6.45, 7) is 4.39. The number of hydrogen-bond acceptors (Lipinski definition) is 3. The van der Waals surface area contributed by atoms with Crippen LogP contribution >= 0.6 is 0 Å². The molecule has 3 N–H and O–H groups in total. The lowest BCUT2D eigenvalue weighted by molar-refractivity contribution is -0.123. The van der Waals surface area contributed by atoms with Crippen molar-refractivity contribution < 1.29 is 15.0 Å². The van der Waals surface area contributed by atoms with E-state index in [0.717, 1.165) is 25.7 Å². The number of unbranched alkanes of at least 4 members (excludes halogenated alkanes) is 35. The maximum atomic E-state index is 12.4. The zero-order valence-corrected chi connectivity index (χ0v) is 33.7. The first-order valence-electron chi connectivity index (χ1n) is 22.7. The molecule has 0 saturated carbocycles. The van der Waals surface area contributed by atoms with Crippen LogP contribution in [0.5, 0.6) is 0 Å². The van der Waals surface area contributed by atoms with Crippen molar-refractivity contribution in [2.24, 2.45) is 0 Å². The molecule has 0 unspecified atom stereocenters. The van der Waals surface area contributed by atoms with E-state index in [2.05, 4.69) is 19.2 Å². The molecule has 0 aliphatic carbocycles. The lowest BCUT2D eigenvalue weighted by Gasteiger charge is -2.22. The zero-order valence-electron chi connectivity index (χ0n) is 33.7. The third kappa shape index (κ3) is 38.5. The summed E-state index contributed by atoms with van der Waals surface area (Å²) in [5, 5.41) is 23.2. The first-order valence-corrected chi connectivity index (χ1v) is 22.7. The van der Waals surface area contributed by atoms with Gasteiger partial charge in [-0.1, -0.05) is 245 Å². The number of aliphatic hydroxyl groups is 2. The average Bonchev–Trinajstić information content (AvgIpc) is 3.10. The number of rotatable bonds is 42. The van der Waals surface area contributed by atoms with Gasteiger partial charge in [-0.3, -0.25) is 4.79 Å². The molecular formula is C45H91NO3. The summed E-state index contributed by atoms with van der Waals surface area (Å²) in [5.74, 6) is -0.0251. The molecule has 0 aromatic carbocycles. The van der Waals surface area contributed by atoms with Crippen molar-refractivity contribution in [2.45, 2.75) is 276 Å². The number of hydrogen-bond donors (Lipinski definition) is 3. The standard InChI is InChI=1S/C45H91NO3/c1-3-5-7-9-11-13-15-17-19-21-22-23-24-25-27-29-31-33-35-37-39-41-45(49)46-43(42-47)44(48)40-38-36-34-32-30-28-26-20-18-16-14-12-10-8-6-4-2/h43-44,47-48H,3-42H2,1-2H3,(H,46,49)/t43-,44+/m0/s1. The van der Waals surface area contributed by atoms with Crippen molar-refractivity contribution in [1.82, 2.24) is 5.32 Å².